The SMILES string of the molecule is CN=C(NC(C)CCS(C)(=O)=O)NC1CC1c1ccccc1. The Morgan fingerprint density at radius 3 is 2.64 bits per heavy atom. The van der Waals surface area contributed by atoms with Gasteiger partial charge < -0.3 is 10.6 Å². The number of aliphatic imine (C=N–C) groups is 1. The lowest BCUT2D eigenvalue weighted by molar-refractivity contribution is 0.581. The highest BCUT2D eigenvalue weighted by molar-refractivity contribution is 7.90. The Bertz CT molecular complexity index is 614. The highest BCUT2D eigenvalue weighted by atomic mass is 32.2. The van der Waals surface area contributed by atoms with E-state index in [0.717, 1.165) is 12.4 Å². The number of sulfone groups is 1. The number of hydrogen-bond donors (Lipinski definition) is 2. The molecule has 122 valence electrons. The van der Waals surface area contributed by atoms with Crippen LogP contribution in [-0.4, -0.2) is 45.5 Å². The summed E-state index contributed by atoms with van der Waals surface area (Å²) in [4.78, 5) is 4.23. The molecule has 6 heteroatoms. The maximum atomic E-state index is 11.2. The minimum Gasteiger partial charge on any atom is -0.354 e. The first kappa shape index (κ1) is 16.8. The summed E-state index contributed by atoms with van der Waals surface area (Å²) in [7, 11) is -1.18. The minimum atomic E-state index is -2.92. The first-order valence-corrected chi connectivity index (χ1v) is 9.67. The van der Waals surface area contributed by atoms with E-state index in [2.05, 4.69) is 39.9 Å². The van der Waals surface area contributed by atoms with Gasteiger partial charge in [-0.2, -0.15) is 0 Å². The van der Waals surface area contributed by atoms with Crippen LogP contribution in [0.4, 0.5) is 0 Å². The molecule has 22 heavy (non-hydrogen) atoms. The molecule has 1 fully saturated rings. The van der Waals surface area contributed by atoms with Crippen LogP contribution in [-0.2, 0) is 9.84 Å². The molecular weight excluding hydrogens is 298 g/mol. The van der Waals surface area contributed by atoms with Crippen molar-refractivity contribution in [3.05, 3.63) is 35.9 Å². The van der Waals surface area contributed by atoms with Gasteiger partial charge >= 0.3 is 0 Å². The molecule has 0 radical (unpaired) electrons. The lowest BCUT2D eigenvalue weighted by Crippen LogP contribution is -2.44. The number of nitrogens with one attached hydrogen (secondary N) is 2. The normalized spacial score (nSPS) is 23.0. The molecule has 0 aromatic heterocycles. The second-order valence-corrected chi connectivity index (χ2v) is 8.30. The van der Waals surface area contributed by atoms with Crippen LogP contribution in [0.3, 0.4) is 0 Å². The largest absolute Gasteiger partial charge is 0.354 e. The Morgan fingerprint density at radius 1 is 1.36 bits per heavy atom. The van der Waals surface area contributed by atoms with Gasteiger partial charge in [0.05, 0.1) is 5.75 Å². The molecule has 1 aromatic rings. The van der Waals surface area contributed by atoms with Gasteiger partial charge in [0.15, 0.2) is 5.96 Å². The predicted octanol–water partition coefficient (Wildman–Crippen LogP) is 1.53. The maximum Gasteiger partial charge on any atom is 0.191 e. The third kappa shape index (κ3) is 5.33. The Kier molecular flexibility index (Phi) is 5.45. The Balaban J connectivity index is 1.79. The van der Waals surface area contributed by atoms with Crippen molar-refractivity contribution >= 4 is 15.8 Å². The molecule has 0 amide bonds. The number of rotatable bonds is 6. The molecule has 2 N–H and O–H groups in total. The molecule has 0 aliphatic heterocycles. The zero-order valence-electron chi connectivity index (χ0n) is 13.4. The molecule has 0 spiro atoms. The third-order valence-corrected chi connectivity index (χ3v) is 4.85. The van der Waals surface area contributed by atoms with Crippen molar-refractivity contribution in [1.29, 1.82) is 0 Å². The van der Waals surface area contributed by atoms with Gasteiger partial charge in [0.25, 0.3) is 0 Å². The summed E-state index contributed by atoms with van der Waals surface area (Å²) in [6.45, 7) is 1.97. The van der Waals surface area contributed by atoms with E-state index in [1.54, 1.807) is 7.05 Å². The molecule has 1 saturated carbocycles. The molecule has 0 heterocycles. The maximum absolute atomic E-state index is 11.2. The van der Waals surface area contributed by atoms with Crippen LogP contribution < -0.4 is 10.6 Å². The summed E-state index contributed by atoms with van der Waals surface area (Å²) >= 11 is 0. The van der Waals surface area contributed by atoms with Crippen molar-refractivity contribution in [3.8, 4) is 0 Å². The van der Waals surface area contributed by atoms with Crippen molar-refractivity contribution in [2.24, 2.45) is 4.99 Å². The molecular formula is C16H25N3O2S. The zero-order valence-corrected chi connectivity index (χ0v) is 14.2. The molecule has 2 rings (SSSR count). The van der Waals surface area contributed by atoms with E-state index in [1.165, 1.54) is 11.8 Å². The predicted molar refractivity (Wildman–Crippen MR) is 91.0 cm³/mol. The minimum absolute atomic E-state index is 0.0647. The average Bonchev–Trinajstić information content (AvgIpc) is 3.24. The van der Waals surface area contributed by atoms with E-state index >= 15 is 0 Å². The topological polar surface area (TPSA) is 70.6 Å². The highest BCUT2D eigenvalue weighted by Crippen LogP contribution is 2.40. The van der Waals surface area contributed by atoms with Crippen molar-refractivity contribution in [1.82, 2.24) is 10.6 Å². The number of benzene rings is 1. The van der Waals surface area contributed by atoms with Crippen molar-refractivity contribution < 1.29 is 8.42 Å². The van der Waals surface area contributed by atoms with Crippen LogP contribution in [0, 0.1) is 0 Å². The van der Waals surface area contributed by atoms with Gasteiger partial charge in [-0.1, -0.05) is 30.3 Å². The second kappa shape index (κ2) is 7.13. The monoisotopic (exact) mass is 323 g/mol. The smallest absolute Gasteiger partial charge is 0.191 e. The Hall–Kier alpha value is -1.56. The molecule has 1 aromatic carbocycles. The lowest BCUT2D eigenvalue weighted by atomic mass is 10.1. The fourth-order valence-electron chi connectivity index (χ4n) is 2.47. The summed E-state index contributed by atoms with van der Waals surface area (Å²) in [5.41, 5.74) is 1.35. The van der Waals surface area contributed by atoms with Crippen LogP contribution in [0.25, 0.3) is 0 Å². The second-order valence-electron chi connectivity index (χ2n) is 6.04. The van der Waals surface area contributed by atoms with Crippen molar-refractivity contribution in [2.75, 3.05) is 19.1 Å². The van der Waals surface area contributed by atoms with Gasteiger partial charge in [-0.05, 0) is 25.3 Å². The Morgan fingerprint density at radius 2 is 2.05 bits per heavy atom. The molecule has 1 aliphatic carbocycles. The van der Waals surface area contributed by atoms with Crippen LogP contribution in [0.5, 0.6) is 0 Å². The quantitative estimate of drug-likeness (QED) is 0.615. The van der Waals surface area contributed by atoms with E-state index in [0.29, 0.717) is 18.4 Å². The first-order chi connectivity index (χ1) is 10.4. The van der Waals surface area contributed by atoms with Crippen LogP contribution in [0.15, 0.2) is 35.3 Å². The van der Waals surface area contributed by atoms with Gasteiger partial charge in [-0.15, -0.1) is 0 Å². The number of nitrogens with zero attached hydrogens (tertiary/aromatic N) is 1. The van der Waals surface area contributed by atoms with Crippen LogP contribution in [0.1, 0.15) is 31.2 Å². The lowest BCUT2D eigenvalue weighted by Gasteiger charge is -2.17. The summed E-state index contributed by atoms with van der Waals surface area (Å²) in [5, 5.41) is 6.66. The highest BCUT2D eigenvalue weighted by Gasteiger charge is 2.38. The summed E-state index contributed by atoms with van der Waals surface area (Å²) in [6, 6.07) is 10.9. The standard InChI is InChI=1S/C16H25N3O2S/c1-12(9-10-22(3,20)21)18-16(17-2)19-15-11-14(15)13-7-5-4-6-8-13/h4-8,12,14-15H,9-11H2,1-3H3,(H2,17,18,19). The molecule has 3 unspecified atom stereocenters. The van der Waals surface area contributed by atoms with E-state index in [9.17, 15) is 8.42 Å². The fraction of sp³-hybridized carbons (Fsp3) is 0.562. The fourth-order valence-corrected chi connectivity index (χ4v) is 3.25. The molecule has 3 atom stereocenters. The van der Waals surface area contributed by atoms with Gasteiger partial charge in [-0.25, -0.2) is 8.42 Å². The first-order valence-electron chi connectivity index (χ1n) is 7.61. The Labute approximate surface area is 133 Å². The van der Waals surface area contributed by atoms with Gasteiger partial charge in [0, 0.05) is 31.3 Å². The van der Waals surface area contributed by atoms with E-state index in [-0.39, 0.29) is 11.8 Å². The van der Waals surface area contributed by atoms with Gasteiger partial charge in [-0.3, -0.25) is 4.99 Å². The van der Waals surface area contributed by atoms with Crippen molar-refractivity contribution in [3.63, 3.8) is 0 Å². The molecule has 1 aliphatic rings. The van der Waals surface area contributed by atoms with E-state index < -0.39 is 9.84 Å². The summed E-state index contributed by atoms with van der Waals surface area (Å²) in [6.07, 6.45) is 2.94. The molecule has 5 nitrogen and oxygen atoms in total. The van der Waals surface area contributed by atoms with Crippen molar-refractivity contribution in [2.45, 2.75) is 37.8 Å². The summed E-state index contributed by atoms with van der Waals surface area (Å²) < 4.78 is 22.4. The molecule has 0 bridgehead atoms. The van der Waals surface area contributed by atoms with Gasteiger partial charge in [0.2, 0.25) is 0 Å². The van der Waals surface area contributed by atoms with Crippen LogP contribution >= 0.6 is 0 Å². The zero-order chi connectivity index (χ0) is 16.2. The third-order valence-electron chi connectivity index (χ3n) is 3.87. The summed E-state index contributed by atoms with van der Waals surface area (Å²) in [5.74, 6) is 1.46. The van der Waals surface area contributed by atoms with E-state index in [1.807, 2.05) is 13.0 Å². The van der Waals surface area contributed by atoms with Gasteiger partial charge in [0.1, 0.15) is 9.84 Å². The van der Waals surface area contributed by atoms with Crippen LogP contribution in [0.2, 0.25) is 0 Å². The number of guanidine groups is 1. The van der Waals surface area contributed by atoms with E-state index in [4.69, 9.17) is 0 Å². The molecule has 0 saturated heterocycles. The average molecular weight is 323 g/mol. The number of hydrogen-bond acceptors (Lipinski definition) is 3.